The molecule has 0 aliphatic carbocycles. The standard InChI is InChI=1S/C41H49N6O7P/c1-3-53-55(52,54-4-2)21-20-43-40(50)32-17-11-16-30(22-32)26-46-35(24-28-12-7-5-8-13-28)37(48)38(49)36(25-29-14-9-6-10-15-29)47(41(46)51)27-31-18-19-34-33(23-31)39(42)45-44-34/h5-19,22-23,35-38,48-49H,3-4,20-21,24-27H2,1-2H3,(H,43,50)(H3,42,44,45)/t35-,36-,37+,38+/m1/s1. The Balaban J connectivity index is 1.34. The lowest BCUT2D eigenvalue weighted by molar-refractivity contribution is -0.0408. The second kappa shape index (κ2) is 18.1. The molecule has 4 atom stereocenters. The number of nitrogens with one attached hydrogen (secondary N) is 2. The molecule has 1 saturated heterocycles. The Morgan fingerprint density at radius 1 is 0.800 bits per heavy atom. The van der Waals surface area contributed by atoms with Crippen LogP contribution in [-0.4, -0.2) is 92.4 Å². The van der Waals surface area contributed by atoms with Gasteiger partial charge in [-0.2, -0.15) is 5.10 Å². The number of carbonyl (C=O) groups excluding carboxylic acids is 2. The number of H-pyrrole nitrogens is 1. The number of carbonyl (C=O) groups is 2. The number of amides is 3. The van der Waals surface area contributed by atoms with Crippen LogP contribution in [0.4, 0.5) is 10.6 Å². The quantitative estimate of drug-likeness (QED) is 0.0807. The van der Waals surface area contributed by atoms with Crippen LogP contribution in [0.1, 0.15) is 46.5 Å². The molecule has 6 rings (SSSR count). The minimum absolute atomic E-state index is 0.0177. The molecule has 13 nitrogen and oxygen atoms in total. The van der Waals surface area contributed by atoms with Gasteiger partial charge >= 0.3 is 13.6 Å². The molecule has 14 heteroatoms. The first-order valence-corrected chi connectivity index (χ1v) is 20.3. The Hall–Kier alpha value is -5.04. The van der Waals surface area contributed by atoms with Gasteiger partial charge in [-0.05, 0) is 73.2 Å². The number of nitrogens with two attached hydrogens (primary N) is 1. The summed E-state index contributed by atoms with van der Waals surface area (Å²) >= 11 is 0. The Morgan fingerprint density at radius 2 is 1.35 bits per heavy atom. The van der Waals surface area contributed by atoms with E-state index in [1.165, 1.54) is 0 Å². The number of nitrogens with zero attached hydrogens (tertiary/aromatic N) is 3. The van der Waals surface area contributed by atoms with Crippen molar-refractivity contribution in [3.05, 3.63) is 131 Å². The van der Waals surface area contributed by atoms with Gasteiger partial charge in [-0.3, -0.25) is 14.5 Å². The van der Waals surface area contributed by atoms with Gasteiger partial charge in [0.25, 0.3) is 5.91 Å². The highest BCUT2D eigenvalue weighted by Crippen LogP contribution is 2.47. The van der Waals surface area contributed by atoms with E-state index in [0.29, 0.717) is 28.8 Å². The Kier molecular flexibility index (Phi) is 13.0. The van der Waals surface area contributed by atoms with Gasteiger partial charge in [0.2, 0.25) is 0 Å². The summed E-state index contributed by atoms with van der Waals surface area (Å²) in [5.74, 6) is -0.0558. The number of aromatic nitrogens is 2. The van der Waals surface area contributed by atoms with Crippen LogP contribution in [0.5, 0.6) is 0 Å². The van der Waals surface area contributed by atoms with Crippen LogP contribution >= 0.6 is 7.60 Å². The molecule has 0 saturated carbocycles. The minimum atomic E-state index is -3.35. The van der Waals surface area contributed by atoms with Crippen LogP contribution in [-0.2, 0) is 39.5 Å². The molecule has 1 aliphatic heterocycles. The minimum Gasteiger partial charge on any atom is -0.388 e. The van der Waals surface area contributed by atoms with Gasteiger partial charge in [0.15, 0.2) is 5.82 Å². The highest BCUT2D eigenvalue weighted by atomic mass is 31.2. The molecule has 2 heterocycles. The van der Waals surface area contributed by atoms with E-state index < -0.39 is 37.8 Å². The number of hydrogen-bond acceptors (Lipinski definition) is 9. The van der Waals surface area contributed by atoms with Crippen molar-refractivity contribution in [2.45, 2.75) is 64.1 Å². The van der Waals surface area contributed by atoms with Crippen LogP contribution in [0.25, 0.3) is 10.9 Å². The van der Waals surface area contributed by atoms with Crippen molar-refractivity contribution in [1.82, 2.24) is 25.3 Å². The van der Waals surface area contributed by atoms with Crippen LogP contribution in [0.2, 0.25) is 0 Å². The summed E-state index contributed by atoms with van der Waals surface area (Å²) in [5, 5.41) is 34.7. The van der Waals surface area contributed by atoms with Crippen LogP contribution in [0, 0.1) is 0 Å². The number of fused-ring (bicyclic) bond motifs is 1. The number of urea groups is 1. The maximum atomic E-state index is 15.1. The van der Waals surface area contributed by atoms with Gasteiger partial charge in [0, 0.05) is 30.6 Å². The third-order valence-corrected chi connectivity index (χ3v) is 12.0. The van der Waals surface area contributed by atoms with E-state index in [1.807, 2.05) is 84.9 Å². The Morgan fingerprint density at radius 3 is 1.91 bits per heavy atom. The first-order chi connectivity index (χ1) is 26.6. The average Bonchev–Trinajstić information content (AvgIpc) is 3.54. The third kappa shape index (κ3) is 9.62. The van der Waals surface area contributed by atoms with Crippen molar-refractivity contribution in [3.63, 3.8) is 0 Å². The molecule has 0 bridgehead atoms. The summed E-state index contributed by atoms with van der Waals surface area (Å²) < 4.78 is 23.6. The summed E-state index contributed by atoms with van der Waals surface area (Å²) in [6, 6.07) is 29.6. The molecular formula is C41H49N6O7P. The van der Waals surface area contributed by atoms with Gasteiger partial charge in [-0.25, -0.2) is 4.79 Å². The molecule has 1 aliphatic rings. The summed E-state index contributed by atoms with van der Waals surface area (Å²) in [5.41, 5.74) is 10.4. The van der Waals surface area contributed by atoms with Crippen molar-refractivity contribution in [1.29, 1.82) is 0 Å². The fourth-order valence-electron chi connectivity index (χ4n) is 7.17. The van der Waals surface area contributed by atoms with E-state index >= 15 is 4.79 Å². The molecule has 5 aromatic rings. The number of rotatable bonds is 16. The van der Waals surface area contributed by atoms with E-state index in [4.69, 9.17) is 14.8 Å². The summed E-state index contributed by atoms with van der Waals surface area (Å²) in [6.07, 6.45) is -2.06. The smallest absolute Gasteiger partial charge is 0.332 e. The molecule has 4 aromatic carbocycles. The number of aromatic amines is 1. The number of aliphatic hydroxyl groups is 2. The number of nitrogen functional groups attached to an aromatic ring is 1. The van der Waals surface area contributed by atoms with Crippen molar-refractivity contribution in [2.75, 3.05) is 31.7 Å². The van der Waals surface area contributed by atoms with E-state index in [1.54, 1.807) is 41.8 Å². The van der Waals surface area contributed by atoms with Gasteiger partial charge in [-0.15, -0.1) is 0 Å². The first-order valence-electron chi connectivity index (χ1n) is 18.6. The number of hydrogen-bond donors (Lipinski definition) is 5. The average molecular weight is 769 g/mol. The monoisotopic (exact) mass is 768 g/mol. The van der Waals surface area contributed by atoms with Crippen molar-refractivity contribution in [2.24, 2.45) is 0 Å². The summed E-state index contributed by atoms with van der Waals surface area (Å²) in [4.78, 5) is 31.7. The molecule has 55 heavy (non-hydrogen) atoms. The molecule has 3 amide bonds. The van der Waals surface area contributed by atoms with Gasteiger partial charge in [0.05, 0.1) is 37.0 Å². The second-order valence-corrected chi connectivity index (χ2v) is 15.8. The summed E-state index contributed by atoms with van der Waals surface area (Å²) in [6.45, 7) is 4.12. The van der Waals surface area contributed by atoms with Crippen molar-refractivity contribution < 1.29 is 33.4 Å². The lowest BCUT2D eigenvalue weighted by atomic mass is 9.91. The fourth-order valence-corrected chi connectivity index (χ4v) is 8.67. The fraction of sp³-hybridized carbons (Fsp3) is 0.341. The van der Waals surface area contributed by atoms with Crippen molar-refractivity contribution >= 4 is 36.3 Å². The van der Waals surface area contributed by atoms with Crippen LogP contribution in [0.15, 0.2) is 103 Å². The molecule has 6 N–H and O–H groups in total. The zero-order valence-corrected chi connectivity index (χ0v) is 32.0. The third-order valence-electron chi connectivity index (χ3n) is 9.88. The predicted molar refractivity (Wildman–Crippen MR) is 211 cm³/mol. The molecule has 290 valence electrons. The molecule has 0 spiro atoms. The SMILES string of the molecule is CCOP(=O)(CCNC(=O)c1cccc(CN2C(=O)N(Cc3ccc4[nH]nc(N)c4c3)[C@H](Cc3ccccc3)[C@H](O)[C@@H](O)[C@H]2Cc2ccccc2)c1)OCC. The zero-order chi connectivity index (χ0) is 39.0. The van der Waals surface area contributed by atoms with Crippen LogP contribution in [0.3, 0.4) is 0 Å². The maximum Gasteiger partial charge on any atom is 0.332 e. The normalized spacial score (nSPS) is 19.1. The molecular weight excluding hydrogens is 719 g/mol. The van der Waals surface area contributed by atoms with Crippen molar-refractivity contribution in [3.8, 4) is 0 Å². The number of benzene rings is 4. The molecule has 0 radical (unpaired) electrons. The number of anilines is 1. The molecule has 1 fully saturated rings. The number of aliphatic hydroxyl groups excluding tert-OH is 2. The highest BCUT2D eigenvalue weighted by molar-refractivity contribution is 7.53. The van der Waals surface area contributed by atoms with E-state index in [9.17, 15) is 19.6 Å². The van der Waals surface area contributed by atoms with E-state index in [0.717, 1.165) is 22.2 Å². The van der Waals surface area contributed by atoms with E-state index in [2.05, 4.69) is 15.5 Å². The second-order valence-electron chi connectivity index (χ2n) is 13.6. The Bertz CT molecular complexity index is 2090. The topological polar surface area (TPSA) is 183 Å². The van der Waals surface area contributed by atoms with Gasteiger partial charge in [-0.1, -0.05) is 78.9 Å². The molecule has 1 aromatic heterocycles. The maximum absolute atomic E-state index is 15.1. The lowest BCUT2D eigenvalue weighted by Gasteiger charge is -2.36. The summed E-state index contributed by atoms with van der Waals surface area (Å²) in [7, 11) is -3.35. The lowest BCUT2D eigenvalue weighted by Crippen LogP contribution is -2.50. The van der Waals surface area contributed by atoms with E-state index in [-0.39, 0.29) is 51.5 Å². The van der Waals surface area contributed by atoms with Crippen LogP contribution < -0.4 is 11.1 Å². The predicted octanol–water partition coefficient (Wildman–Crippen LogP) is 5.52. The van der Waals surface area contributed by atoms with Gasteiger partial charge in [0.1, 0.15) is 12.2 Å². The zero-order valence-electron chi connectivity index (χ0n) is 31.1. The Labute approximate surface area is 321 Å². The first kappa shape index (κ1) is 39.6. The highest BCUT2D eigenvalue weighted by Gasteiger charge is 2.46. The molecule has 0 unspecified atom stereocenters. The largest absolute Gasteiger partial charge is 0.388 e. The van der Waals surface area contributed by atoms with Gasteiger partial charge < -0.3 is 40.1 Å².